The Kier molecular flexibility index (Phi) is 8.26. The molecule has 0 aliphatic heterocycles. The maximum atomic E-state index is 12.5. The van der Waals surface area contributed by atoms with Gasteiger partial charge in [0.25, 0.3) is 0 Å². The third kappa shape index (κ3) is 5.23. The van der Waals surface area contributed by atoms with Crippen LogP contribution in [0.4, 0.5) is 0 Å². The van der Waals surface area contributed by atoms with Crippen LogP contribution in [0.1, 0.15) is 61.1 Å². The van der Waals surface area contributed by atoms with Crippen molar-refractivity contribution in [1.29, 1.82) is 10.5 Å². The zero-order valence-corrected chi connectivity index (χ0v) is 40.8. The summed E-state index contributed by atoms with van der Waals surface area (Å²) in [6.45, 7) is 9.23. The summed E-state index contributed by atoms with van der Waals surface area (Å²) >= 11 is 0. The van der Waals surface area contributed by atoms with Gasteiger partial charge in [0.1, 0.15) is 23.3 Å². The van der Waals surface area contributed by atoms with E-state index in [0.717, 1.165) is 105 Å². The van der Waals surface area contributed by atoms with Gasteiger partial charge in [-0.2, -0.15) is 10.5 Å². The minimum atomic E-state index is -0.301. The van der Waals surface area contributed by atoms with Crippen LogP contribution in [-0.2, 0) is 10.8 Å². The van der Waals surface area contributed by atoms with Gasteiger partial charge in [0.15, 0.2) is 0 Å². The van der Waals surface area contributed by atoms with Gasteiger partial charge < -0.3 is 13.7 Å². The van der Waals surface area contributed by atoms with Crippen LogP contribution >= 0.6 is 0 Å². The van der Waals surface area contributed by atoms with E-state index < -0.39 is 0 Å². The van der Waals surface area contributed by atoms with Crippen molar-refractivity contribution in [3.63, 3.8) is 0 Å². The van der Waals surface area contributed by atoms with Crippen molar-refractivity contribution in [2.24, 2.45) is 0 Å². The van der Waals surface area contributed by atoms with E-state index in [2.05, 4.69) is 254 Å². The Morgan fingerprint density at radius 3 is 1.22 bits per heavy atom. The molecule has 0 N–H and O–H groups in total. The summed E-state index contributed by atoms with van der Waals surface area (Å²) in [6, 6.07) is 77.4. The molecule has 0 atom stereocenters. The predicted molar refractivity (Wildman–Crippen MR) is 299 cm³/mol. The molecule has 0 radical (unpaired) electrons. The Hall–Kier alpha value is -9.42. The molecule has 10 aromatic carbocycles. The second-order valence-corrected chi connectivity index (χ2v) is 21.0. The van der Waals surface area contributed by atoms with E-state index in [0.29, 0.717) is 16.8 Å². The van der Waals surface area contributed by atoms with Crippen molar-refractivity contribution >= 4 is 65.4 Å². The first kappa shape index (κ1) is 41.4. The van der Waals surface area contributed by atoms with E-state index >= 15 is 0 Å². The molecule has 3 heterocycles. The van der Waals surface area contributed by atoms with Crippen LogP contribution in [0.5, 0.6) is 0 Å². The van der Waals surface area contributed by atoms with Gasteiger partial charge in [-0.05, 0) is 80.9 Å². The number of benzene rings is 10. The number of hydrogen-bond acceptors (Lipinski definition) is 2. The molecule has 13 aromatic rings. The Morgan fingerprint density at radius 2 is 0.712 bits per heavy atom. The molecule has 0 fully saturated rings. The highest BCUT2D eigenvalue weighted by molar-refractivity contribution is 6.18. The standard InChI is InChI=1S/C68H45N5/c1-67(2)52-26-12-5-19-41(52)49-37-40(33-35-54(49)67)61-65(71-56-28-14-7-20-42(56)43-21-8-15-29-57(43)71)50(38-69)63(51(39-70)66(61)72-58-30-16-9-22-44(58)45-23-10-17-31-59(45)72)73-60-32-18-11-24-46(60)47-34-36-55-62(64(47)73)48-25-6-13-27-53(48)68(55,3)4/h5-37H,1-4H3. The highest BCUT2D eigenvalue weighted by atomic mass is 15.1. The lowest BCUT2D eigenvalue weighted by atomic mass is 9.82. The number of nitrogens with zero attached hydrogens (tertiary/aromatic N) is 5. The number of hydrogen-bond donors (Lipinski definition) is 0. The SMILES string of the molecule is CC1(C)c2ccccc2-c2cc(-c3c(-n4c5ccccc5c5ccccc54)c(C#N)c(-n4c5ccccc5c5ccc6c(c54)-c4ccccc4C6(C)C)c(C#N)c3-n3c4ccccc4c4ccccc43)ccc21. The summed E-state index contributed by atoms with van der Waals surface area (Å²) in [6.07, 6.45) is 0. The van der Waals surface area contributed by atoms with E-state index in [9.17, 15) is 10.5 Å². The molecule has 2 aliphatic carbocycles. The van der Waals surface area contributed by atoms with Crippen molar-refractivity contribution in [3.8, 4) is 62.6 Å². The Balaban J connectivity index is 1.24. The van der Waals surface area contributed by atoms with Crippen LogP contribution in [0.15, 0.2) is 200 Å². The zero-order chi connectivity index (χ0) is 49.1. The van der Waals surface area contributed by atoms with E-state index in [-0.39, 0.29) is 10.8 Å². The Bertz CT molecular complexity index is 4450. The molecular weight excluding hydrogens is 887 g/mol. The van der Waals surface area contributed by atoms with E-state index in [1.165, 1.54) is 27.8 Å². The fourth-order valence-corrected chi connectivity index (χ4v) is 13.5. The topological polar surface area (TPSA) is 62.4 Å². The van der Waals surface area contributed by atoms with Crippen molar-refractivity contribution in [1.82, 2.24) is 13.7 Å². The molecule has 0 saturated heterocycles. The van der Waals surface area contributed by atoms with Gasteiger partial charge in [-0.25, -0.2) is 0 Å². The zero-order valence-electron chi connectivity index (χ0n) is 40.8. The first-order chi connectivity index (χ1) is 35.7. The summed E-state index contributed by atoms with van der Waals surface area (Å²) in [7, 11) is 0. The highest BCUT2D eigenvalue weighted by Crippen LogP contribution is 2.56. The van der Waals surface area contributed by atoms with Gasteiger partial charge in [-0.3, -0.25) is 0 Å². The van der Waals surface area contributed by atoms with Crippen LogP contribution in [0, 0.1) is 22.7 Å². The molecule has 5 nitrogen and oxygen atoms in total. The number of nitriles is 2. The fraction of sp³-hybridized carbons (Fsp3) is 0.0882. The van der Waals surface area contributed by atoms with Crippen LogP contribution in [-0.4, -0.2) is 13.7 Å². The predicted octanol–water partition coefficient (Wildman–Crippen LogP) is 17.0. The van der Waals surface area contributed by atoms with Gasteiger partial charge in [-0.1, -0.05) is 191 Å². The molecule has 2 aliphatic rings. The average molecular weight is 932 g/mol. The summed E-state index contributed by atoms with van der Waals surface area (Å²) in [5.41, 5.74) is 19.4. The summed E-state index contributed by atoms with van der Waals surface area (Å²) < 4.78 is 6.93. The lowest BCUT2D eigenvalue weighted by molar-refractivity contribution is 0.660. The van der Waals surface area contributed by atoms with Crippen molar-refractivity contribution in [3.05, 3.63) is 234 Å². The molecule has 0 unspecified atom stereocenters. The minimum Gasteiger partial charge on any atom is -0.307 e. The van der Waals surface area contributed by atoms with E-state index in [1.54, 1.807) is 0 Å². The number of aromatic nitrogens is 3. The molecule has 0 amide bonds. The summed E-state index contributed by atoms with van der Waals surface area (Å²) in [4.78, 5) is 0. The van der Waals surface area contributed by atoms with Gasteiger partial charge in [-0.15, -0.1) is 0 Å². The molecule has 3 aromatic heterocycles. The number of rotatable bonds is 4. The smallest absolute Gasteiger partial charge is 0.104 e. The monoisotopic (exact) mass is 931 g/mol. The van der Waals surface area contributed by atoms with Crippen LogP contribution in [0.3, 0.4) is 0 Å². The quantitative estimate of drug-likeness (QED) is 0.176. The third-order valence-electron chi connectivity index (χ3n) is 16.7. The first-order valence-corrected chi connectivity index (χ1v) is 25.1. The number of para-hydroxylation sites is 5. The largest absolute Gasteiger partial charge is 0.307 e. The normalized spacial score (nSPS) is 13.9. The Morgan fingerprint density at radius 1 is 0.329 bits per heavy atom. The summed E-state index contributed by atoms with van der Waals surface area (Å²) in [5, 5.41) is 31.5. The lowest BCUT2D eigenvalue weighted by Crippen LogP contribution is -2.15. The molecule has 0 saturated carbocycles. The van der Waals surface area contributed by atoms with E-state index in [1.807, 2.05) is 0 Å². The second kappa shape index (κ2) is 14.6. The second-order valence-electron chi connectivity index (χ2n) is 21.0. The fourth-order valence-electron chi connectivity index (χ4n) is 13.5. The van der Waals surface area contributed by atoms with Crippen LogP contribution in [0.25, 0.3) is 116 Å². The van der Waals surface area contributed by atoms with E-state index in [4.69, 9.17) is 0 Å². The van der Waals surface area contributed by atoms with Crippen LogP contribution < -0.4 is 0 Å². The first-order valence-electron chi connectivity index (χ1n) is 25.1. The minimum absolute atomic E-state index is 0.237. The lowest BCUT2D eigenvalue weighted by Gasteiger charge is -2.27. The Labute approximate surface area is 422 Å². The molecule has 15 rings (SSSR count). The molecule has 5 heteroatoms. The van der Waals surface area contributed by atoms with Crippen LogP contribution in [0.2, 0.25) is 0 Å². The molecule has 0 spiro atoms. The van der Waals surface area contributed by atoms with Crippen molar-refractivity contribution in [2.75, 3.05) is 0 Å². The maximum absolute atomic E-state index is 12.5. The maximum Gasteiger partial charge on any atom is 0.104 e. The summed E-state index contributed by atoms with van der Waals surface area (Å²) in [5.74, 6) is 0. The number of fused-ring (bicyclic) bond motifs is 16. The molecular formula is C68H45N5. The van der Waals surface area contributed by atoms with Crippen molar-refractivity contribution in [2.45, 2.75) is 38.5 Å². The van der Waals surface area contributed by atoms with Crippen molar-refractivity contribution < 1.29 is 0 Å². The highest BCUT2D eigenvalue weighted by Gasteiger charge is 2.40. The van der Waals surface area contributed by atoms with Gasteiger partial charge in [0.05, 0.1) is 50.2 Å². The van der Waals surface area contributed by atoms with Gasteiger partial charge in [0, 0.05) is 54.3 Å². The van der Waals surface area contributed by atoms with Gasteiger partial charge in [0.2, 0.25) is 0 Å². The molecule has 0 bridgehead atoms. The van der Waals surface area contributed by atoms with Gasteiger partial charge >= 0.3 is 0 Å². The molecule has 73 heavy (non-hydrogen) atoms. The molecule has 342 valence electrons. The third-order valence-corrected chi connectivity index (χ3v) is 16.7. The average Bonchev–Trinajstić information content (AvgIpc) is 4.17.